The van der Waals surface area contributed by atoms with Crippen LogP contribution in [0.5, 0.6) is 5.75 Å². The molecule has 0 aromatic heterocycles. The lowest BCUT2D eigenvalue weighted by molar-refractivity contribution is -0.137. The number of anilines is 1. The molecule has 2 rings (SSSR count). The molecule has 0 amide bonds. The molecular weight excluding hydrogens is 286 g/mol. The maximum Gasteiger partial charge on any atom is 0.416 e. The van der Waals surface area contributed by atoms with Crippen LogP contribution >= 0.6 is 0 Å². The van der Waals surface area contributed by atoms with Crippen molar-refractivity contribution in [2.45, 2.75) is 19.1 Å². The van der Waals surface area contributed by atoms with Gasteiger partial charge in [0.15, 0.2) is 0 Å². The molecular formula is C15H13F4NO. The number of aromatic hydroxyl groups is 1. The number of phenolic OH excluding ortho intramolecular Hbond substituents is 1. The zero-order chi connectivity index (χ0) is 15.6. The summed E-state index contributed by atoms with van der Waals surface area (Å²) in [5.74, 6) is -0.676. The number of phenols is 1. The van der Waals surface area contributed by atoms with E-state index in [1.54, 1.807) is 19.1 Å². The van der Waals surface area contributed by atoms with E-state index in [-0.39, 0.29) is 11.4 Å². The number of hydrogen-bond acceptors (Lipinski definition) is 2. The molecule has 6 heteroatoms. The van der Waals surface area contributed by atoms with Crippen LogP contribution in [0, 0.1) is 5.82 Å². The lowest BCUT2D eigenvalue weighted by Crippen LogP contribution is -2.10. The molecule has 0 aliphatic heterocycles. The lowest BCUT2D eigenvalue weighted by atomic mass is 10.1. The van der Waals surface area contributed by atoms with Gasteiger partial charge in [0.05, 0.1) is 11.3 Å². The first-order chi connectivity index (χ1) is 9.77. The second-order valence-corrected chi connectivity index (χ2v) is 4.65. The molecule has 0 saturated carbocycles. The van der Waals surface area contributed by atoms with E-state index in [2.05, 4.69) is 5.32 Å². The molecule has 2 N–H and O–H groups in total. The molecule has 0 aliphatic rings. The van der Waals surface area contributed by atoms with E-state index in [0.717, 1.165) is 12.1 Å². The summed E-state index contributed by atoms with van der Waals surface area (Å²) in [6.45, 7) is 1.69. The predicted octanol–water partition coefficient (Wildman–Crippen LogP) is 4.72. The molecule has 0 saturated heterocycles. The Labute approximate surface area is 119 Å². The Bertz CT molecular complexity index is 623. The number of rotatable bonds is 3. The summed E-state index contributed by atoms with van der Waals surface area (Å²) in [6, 6.07) is 7.94. The number of halogens is 4. The van der Waals surface area contributed by atoms with Crippen LogP contribution in [0.4, 0.5) is 23.2 Å². The van der Waals surface area contributed by atoms with Crippen LogP contribution < -0.4 is 5.32 Å². The fourth-order valence-corrected chi connectivity index (χ4v) is 1.89. The van der Waals surface area contributed by atoms with Crippen molar-refractivity contribution in [2.75, 3.05) is 5.32 Å². The first-order valence-corrected chi connectivity index (χ1v) is 6.19. The Morgan fingerprint density at radius 2 is 1.67 bits per heavy atom. The highest BCUT2D eigenvalue weighted by Crippen LogP contribution is 2.33. The van der Waals surface area contributed by atoms with Crippen molar-refractivity contribution in [3.63, 3.8) is 0 Å². The number of benzene rings is 2. The van der Waals surface area contributed by atoms with E-state index in [4.69, 9.17) is 0 Å². The van der Waals surface area contributed by atoms with E-state index in [9.17, 15) is 22.7 Å². The van der Waals surface area contributed by atoms with Crippen molar-refractivity contribution >= 4 is 5.69 Å². The second kappa shape index (κ2) is 5.63. The summed E-state index contributed by atoms with van der Waals surface area (Å²) in [6.07, 6.45) is -4.52. The van der Waals surface area contributed by atoms with Crippen LogP contribution in [0.15, 0.2) is 42.5 Å². The largest absolute Gasteiger partial charge is 0.508 e. The molecule has 2 aromatic carbocycles. The van der Waals surface area contributed by atoms with Crippen LogP contribution in [0.3, 0.4) is 0 Å². The molecule has 1 atom stereocenters. The van der Waals surface area contributed by atoms with Gasteiger partial charge >= 0.3 is 6.18 Å². The van der Waals surface area contributed by atoms with E-state index in [1.807, 2.05) is 0 Å². The highest BCUT2D eigenvalue weighted by Gasteiger charge is 2.31. The molecule has 1 unspecified atom stereocenters. The molecule has 0 spiro atoms. The van der Waals surface area contributed by atoms with Gasteiger partial charge in [-0.25, -0.2) is 4.39 Å². The van der Waals surface area contributed by atoms with Crippen molar-refractivity contribution in [3.05, 3.63) is 59.4 Å². The maximum atomic E-state index is 13.6. The Morgan fingerprint density at radius 1 is 1.05 bits per heavy atom. The van der Waals surface area contributed by atoms with Gasteiger partial charge in [0.25, 0.3) is 0 Å². The fourth-order valence-electron chi connectivity index (χ4n) is 1.89. The summed E-state index contributed by atoms with van der Waals surface area (Å²) < 4.78 is 51.5. The molecule has 2 nitrogen and oxygen atoms in total. The molecule has 0 bridgehead atoms. The first-order valence-electron chi connectivity index (χ1n) is 6.19. The van der Waals surface area contributed by atoms with Gasteiger partial charge < -0.3 is 10.4 Å². The average molecular weight is 299 g/mol. The normalized spacial score (nSPS) is 13.0. The van der Waals surface area contributed by atoms with Gasteiger partial charge in [-0.15, -0.1) is 0 Å². The minimum Gasteiger partial charge on any atom is -0.508 e. The predicted molar refractivity (Wildman–Crippen MR) is 71.5 cm³/mol. The standard InChI is InChI=1S/C15H13F4NO/c1-9(10-2-5-12(21)6-3-10)20-14-8-11(15(17,18)19)4-7-13(14)16/h2-9,20-21H,1H3. The van der Waals surface area contributed by atoms with E-state index in [0.29, 0.717) is 11.6 Å². The molecule has 0 heterocycles. The van der Waals surface area contributed by atoms with Crippen molar-refractivity contribution in [1.29, 1.82) is 0 Å². The smallest absolute Gasteiger partial charge is 0.416 e. The summed E-state index contributed by atoms with van der Waals surface area (Å²) in [4.78, 5) is 0. The highest BCUT2D eigenvalue weighted by molar-refractivity contribution is 5.50. The highest BCUT2D eigenvalue weighted by atomic mass is 19.4. The fraction of sp³-hybridized carbons (Fsp3) is 0.200. The van der Waals surface area contributed by atoms with Crippen LogP contribution in [-0.2, 0) is 6.18 Å². The van der Waals surface area contributed by atoms with Crippen LogP contribution in [0.1, 0.15) is 24.1 Å². The lowest BCUT2D eigenvalue weighted by Gasteiger charge is -2.17. The summed E-state index contributed by atoms with van der Waals surface area (Å²) in [7, 11) is 0. The zero-order valence-electron chi connectivity index (χ0n) is 11.1. The second-order valence-electron chi connectivity index (χ2n) is 4.65. The SMILES string of the molecule is CC(Nc1cc(C(F)(F)F)ccc1F)c1ccc(O)cc1. The van der Waals surface area contributed by atoms with Crippen molar-refractivity contribution in [1.82, 2.24) is 0 Å². The zero-order valence-corrected chi connectivity index (χ0v) is 11.1. The molecule has 0 fully saturated rings. The van der Waals surface area contributed by atoms with Gasteiger partial charge in [0.2, 0.25) is 0 Å². The van der Waals surface area contributed by atoms with Crippen LogP contribution in [0.2, 0.25) is 0 Å². The summed E-state index contributed by atoms with van der Waals surface area (Å²) in [5, 5.41) is 11.9. The van der Waals surface area contributed by atoms with Crippen LogP contribution in [0.25, 0.3) is 0 Å². The van der Waals surface area contributed by atoms with Crippen molar-refractivity contribution < 1.29 is 22.7 Å². The Hall–Kier alpha value is -2.24. The molecule has 112 valence electrons. The Morgan fingerprint density at radius 3 is 2.24 bits per heavy atom. The third-order valence-electron chi connectivity index (χ3n) is 3.06. The Balaban J connectivity index is 2.24. The van der Waals surface area contributed by atoms with E-state index in [1.165, 1.54) is 12.1 Å². The molecule has 0 radical (unpaired) electrons. The third-order valence-corrected chi connectivity index (χ3v) is 3.06. The molecule has 21 heavy (non-hydrogen) atoms. The summed E-state index contributed by atoms with van der Waals surface area (Å²) in [5.41, 5.74) is -0.417. The quantitative estimate of drug-likeness (QED) is 0.803. The van der Waals surface area contributed by atoms with Gasteiger partial charge in [-0.3, -0.25) is 0 Å². The van der Waals surface area contributed by atoms with Crippen molar-refractivity contribution in [3.8, 4) is 5.75 Å². The van der Waals surface area contributed by atoms with Gasteiger partial charge in [-0.1, -0.05) is 12.1 Å². The minimum atomic E-state index is -4.52. The number of nitrogens with one attached hydrogen (secondary N) is 1. The Kier molecular flexibility index (Phi) is 4.06. The summed E-state index contributed by atoms with van der Waals surface area (Å²) >= 11 is 0. The van der Waals surface area contributed by atoms with E-state index < -0.39 is 23.6 Å². The monoisotopic (exact) mass is 299 g/mol. The number of hydrogen-bond donors (Lipinski definition) is 2. The van der Waals surface area contributed by atoms with Gasteiger partial charge in [-0.05, 0) is 42.8 Å². The maximum absolute atomic E-state index is 13.6. The molecule has 0 aliphatic carbocycles. The van der Waals surface area contributed by atoms with Gasteiger partial charge in [-0.2, -0.15) is 13.2 Å². The topological polar surface area (TPSA) is 32.3 Å². The van der Waals surface area contributed by atoms with Gasteiger partial charge in [0, 0.05) is 6.04 Å². The molecule has 2 aromatic rings. The average Bonchev–Trinajstić information content (AvgIpc) is 2.40. The van der Waals surface area contributed by atoms with Crippen molar-refractivity contribution in [2.24, 2.45) is 0 Å². The minimum absolute atomic E-state index is 0.0798. The first kappa shape index (κ1) is 15.2. The third kappa shape index (κ3) is 3.65. The van der Waals surface area contributed by atoms with Crippen LogP contribution in [-0.4, -0.2) is 5.11 Å². The number of alkyl halides is 3. The van der Waals surface area contributed by atoms with E-state index >= 15 is 0 Å². The van der Waals surface area contributed by atoms with Gasteiger partial charge in [0.1, 0.15) is 11.6 Å².